The summed E-state index contributed by atoms with van der Waals surface area (Å²) in [6.07, 6.45) is 5.01. The number of aromatic nitrogens is 2. The maximum Gasteiger partial charge on any atom is 0.361 e. The fraction of sp³-hybridized carbons (Fsp3) is 0.429. The van der Waals surface area contributed by atoms with Crippen LogP contribution in [-0.2, 0) is 20.9 Å². The van der Waals surface area contributed by atoms with Crippen molar-refractivity contribution in [3.05, 3.63) is 53.2 Å². The lowest BCUT2D eigenvalue weighted by Crippen LogP contribution is -2.33. The highest BCUT2D eigenvalue weighted by molar-refractivity contribution is 5.88. The summed E-state index contributed by atoms with van der Waals surface area (Å²) in [4.78, 5) is 11.9. The number of carbonyl (C=O) groups is 1. The third-order valence-corrected chi connectivity index (χ3v) is 5.40. The van der Waals surface area contributed by atoms with Crippen LogP contribution in [0.15, 0.2) is 42.0 Å². The number of hydrogen-bond donors (Lipinski definition) is 5. The van der Waals surface area contributed by atoms with Crippen LogP contribution in [0.2, 0.25) is 0 Å². The summed E-state index contributed by atoms with van der Waals surface area (Å²) in [5.74, 6) is 5.07. The Morgan fingerprint density at radius 2 is 2.07 bits per heavy atom. The molecule has 0 radical (unpaired) electrons. The van der Waals surface area contributed by atoms with E-state index < -0.39 is 5.97 Å². The molecule has 3 rings (SSSR count). The predicted molar refractivity (Wildman–Crippen MR) is 111 cm³/mol. The molecule has 162 valence electrons. The predicted octanol–water partition coefficient (Wildman–Crippen LogP) is 1.77. The number of esters is 1. The highest BCUT2D eigenvalue weighted by Gasteiger charge is 2.26. The zero-order valence-corrected chi connectivity index (χ0v) is 17.1. The first-order valence-electron chi connectivity index (χ1n) is 10.1. The second-order valence-electron chi connectivity index (χ2n) is 7.24. The number of hydrogen-bond acceptors (Lipinski definition) is 8. The zero-order chi connectivity index (χ0) is 21.5. The number of aromatic amines is 1. The van der Waals surface area contributed by atoms with Crippen LogP contribution in [0, 0.1) is 0 Å². The van der Waals surface area contributed by atoms with E-state index in [-0.39, 0.29) is 30.9 Å². The molecule has 1 aromatic carbocycles. The van der Waals surface area contributed by atoms with Gasteiger partial charge in [0.05, 0.1) is 18.9 Å². The van der Waals surface area contributed by atoms with Gasteiger partial charge >= 0.3 is 5.97 Å². The number of benzene rings is 1. The Hall–Kier alpha value is -3.04. The molecule has 30 heavy (non-hydrogen) atoms. The Bertz CT molecular complexity index is 874. The molecule has 7 N–H and O–H groups in total. The van der Waals surface area contributed by atoms with Crippen LogP contribution in [0.5, 0.6) is 0 Å². The molecule has 0 aliphatic heterocycles. The molecule has 0 atom stereocenters. The minimum atomic E-state index is -0.639. The van der Waals surface area contributed by atoms with Crippen molar-refractivity contribution < 1.29 is 19.4 Å². The van der Waals surface area contributed by atoms with Gasteiger partial charge < -0.3 is 25.7 Å². The third-order valence-electron chi connectivity index (χ3n) is 5.40. The lowest BCUT2D eigenvalue weighted by atomic mass is 9.81. The number of nitrogens with two attached hydrogens (primary N) is 2. The van der Waals surface area contributed by atoms with Crippen molar-refractivity contribution in [2.24, 2.45) is 11.6 Å². The van der Waals surface area contributed by atoms with Crippen LogP contribution in [-0.4, -0.2) is 34.0 Å². The normalized spacial score (nSPS) is 19.7. The average Bonchev–Trinajstić information content (AvgIpc) is 3.29. The molecule has 0 saturated heterocycles. The smallest absolute Gasteiger partial charge is 0.361 e. The molecule has 1 aliphatic rings. The molecule has 0 bridgehead atoms. The lowest BCUT2D eigenvalue weighted by molar-refractivity contribution is -0.139. The molecular formula is C21H29N5O4. The number of aliphatic hydroxyl groups is 1. The minimum Gasteiger partial charge on any atom is -0.474 e. The molecule has 9 nitrogen and oxygen atoms in total. The van der Waals surface area contributed by atoms with E-state index in [4.69, 9.17) is 21.1 Å². The Kier molecular flexibility index (Phi) is 7.31. The quantitative estimate of drug-likeness (QED) is 0.144. The Morgan fingerprint density at radius 3 is 2.67 bits per heavy atom. The third kappa shape index (κ3) is 4.92. The van der Waals surface area contributed by atoms with Gasteiger partial charge in [-0.1, -0.05) is 18.2 Å². The van der Waals surface area contributed by atoms with Gasteiger partial charge in [-0.15, -0.1) is 0 Å². The molecule has 1 aromatic heterocycles. The van der Waals surface area contributed by atoms with Gasteiger partial charge in [0, 0.05) is 11.8 Å². The highest BCUT2D eigenvalue weighted by Crippen LogP contribution is 2.36. The van der Waals surface area contributed by atoms with Crippen molar-refractivity contribution >= 4 is 5.97 Å². The van der Waals surface area contributed by atoms with Crippen molar-refractivity contribution in [3.63, 3.8) is 0 Å². The average molecular weight is 415 g/mol. The van der Waals surface area contributed by atoms with Crippen LogP contribution in [0.3, 0.4) is 0 Å². The summed E-state index contributed by atoms with van der Waals surface area (Å²) < 4.78 is 10.7. The van der Waals surface area contributed by atoms with E-state index in [1.807, 2.05) is 12.1 Å². The van der Waals surface area contributed by atoms with Crippen molar-refractivity contribution in [2.45, 2.75) is 51.2 Å². The van der Waals surface area contributed by atoms with Crippen LogP contribution < -0.4 is 17.0 Å². The van der Waals surface area contributed by atoms with Gasteiger partial charge in [0.2, 0.25) is 5.88 Å². The van der Waals surface area contributed by atoms with Crippen LogP contribution >= 0.6 is 0 Å². The first-order chi connectivity index (χ1) is 14.6. The largest absolute Gasteiger partial charge is 0.474 e. The van der Waals surface area contributed by atoms with Gasteiger partial charge in [-0.2, -0.15) is 5.10 Å². The second-order valence-corrected chi connectivity index (χ2v) is 7.24. The zero-order valence-electron chi connectivity index (χ0n) is 17.1. The minimum absolute atomic E-state index is 0.0370. The lowest BCUT2D eigenvalue weighted by Gasteiger charge is -2.30. The Balaban J connectivity index is 1.63. The number of hydrazine groups is 1. The number of aliphatic hydroxyl groups excluding tert-OH is 1. The van der Waals surface area contributed by atoms with Crippen molar-refractivity contribution in [1.82, 2.24) is 15.6 Å². The summed E-state index contributed by atoms with van der Waals surface area (Å²) in [5, 5.41) is 16.7. The highest BCUT2D eigenvalue weighted by atomic mass is 16.5. The monoisotopic (exact) mass is 415 g/mol. The Labute approximate surface area is 175 Å². The number of nitrogens with one attached hydrogen (secondary N) is 2. The summed E-state index contributed by atoms with van der Waals surface area (Å²) in [5.41, 5.74) is 12.0. The van der Waals surface area contributed by atoms with Gasteiger partial charge in [-0.3, -0.25) is 10.9 Å². The number of H-pyrrole nitrogens is 1. The Morgan fingerprint density at radius 1 is 1.30 bits per heavy atom. The maximum absolute atomic E-state index is 11.9. The molecule has 0 spiro atoms. The molecule has 1 aliphatic carbocycles. The van der Waals surface area contributed by atoms with Crippen molar-refractivity contribution in [2.75, 3.05) is 6.61 Å². The first-order valence-corrected chi connectivity index (χ1v) is 10.1. The van der Waals surface area contributed by atoms with Crippen LogP contribution in [0.4, 0.5) is 0 Å². The van der Waals surface area contributed by atoms with Gasteiger partial charge in [-0.05, 0) is 55.7 Å². The van der Waals surface area contributed by atoms with Gasteiger partial charge in [-0.25, -0.2) is 4.79 Å². The number of ether oxygens (including phenoxy) is 2. The molecule has 1 saturated carbocycles. The van der Waals surface area contributed by atoms with Crippen LogP contribution in [0.1, 0.15) is 49.7 Å². The summed E-state index contributed by atoms with van der Waals surface area (Å²) in [6, 6.07) is 8.08. The summed E-state index contributed by atoms with van der Waals surface area (Å²) in [7, 11) is 0. The van der Waals surface area contributed by atoms with Gasteiger partial charge in [0.1, 0.15) is 6.10 Å². The molecule has 9 heteroatoms. The molecule has 2 aromatic rings. The number of rotatable bonds is 8. The SMILES string of the molecule is CCOC(=O)/C(NN)=C(/N)OC1CCC(c2ccc(-c3ccn[nH]3)c(CO)c2)CC1. The standard InChI is InChI=1S/C21H29N5O4/c1-2-29-21(28)19(25-23)20(22)30-16-6-3-13(4-7-16)14-5-8-17(15(11-14)12-27)18-9-10-24-26-18/h5,8-11,13,16,25,27H,2-4,6-7,12,22-23H2,1H3,(H,24,26)/b20-19+. The van der Waals surface area contributed by atoms with E-state index in [1.54, 1.807) is 13.1 Å². The second kappa shape index (κ2) is 10.1. The number of nitrogens with zero attached hydrogens (tertiary/aromatic N) is 1. The topological polar surface area (TPSA) is 149 Å². The molecule has 0 unspecified atom stereocenters. The maximum atomic E-state index is 11.9. The van der Waals surface area contributed by atoms with E-state index in [1.165, 1.54) is 5.56 Å². The van der Waals surface area contributed by atoms with E-state index in [9.17, 15) is 9.90 Å². The first kappa shape index (κ1) is 21.7. The van der Waals surface area contributed by atoms with Crippen molar-refractivity contribution in [3.8, 4) is 11.3 Å². The van der Waals surface area contributed by atoms with E-state index in [2.05, 4.69) is 27.8 Å². The molecule has 1 fully saturated rings. The van der Waals surface area contributed by atoms with Gasteiger partial charge in [0.15, 0.2) is 5.70 Å². The fourth-order valence-corrected chi connectivity index (χ4v) is 3.85. The fourth-order valence-electron chi connectivity index (χ4n) is 3.85. The number of carbonyl (C=O) groups excluding carboxylic acids is 1. The summed E-state index contributed by atoms with van der Waals surface area (Å²) >= 11 is 0. The van der Waals surface area contributed by atoms with Crippen molar-refractivity contribution in [1.29, 1.82) is 0 Å². The molecule has 1 heterocycles. The molecule has 0 amide bonds. The van der Waals surface area contributed by atoms with Crippen LogP contribution in [0.25, 0.3) is 11.3 Å². The summed E-state index contributed by atoms with van der Waals surface area (Å²) in [6.45, 7) is 1.89. The van der Waals surface area contributed by atoms with E-state index in [0.29, 0.717) is 5.92 Å². The van der Waals surface area contributed by atoms with Gasteiger partial charge in [0.25, 0.3) is 0 Å². The van der Waals surface area contributed by atoms with E-state index >= 15 is 0 Å². The van der Waals surface area contributed by atoms with E-state index in [0.717, 1.165) is 42.5 Å². The molecular weight excluding hydrogens is 386 g/mol.